The lowest BCUT2D eigenvalue weighted by molar-refractivity contribution is -0.117. The molecule has 3 rings (SSSR count). The number of pyridine rings is 1. The SMILES string of the molecule is O=CN1CC=C(c2c[nH]c3cccnc23)CC1. The monoisotopic (exact) mass is 227 g/mol. The van der Waals surface area contributed by atoms with Crippen LogP contribution in [0.5, 0.6) is 0 Å². The van der Waals surface area contributed by atoms with Crippen molar-refractivity contribution in [3.63, 3.8) is 0 Å². The Morgan fingerprint density at radius 3 is 3.18 bits per heavy atom. The highest BCUT2D eigenvalue weighted by molar-refractivity contribution is 5.89. The van der Waals surface area contributed by atoms with Crippen LogP contribution in [0.3, 0.4) is 0 Å². The normalized spacial score (nSPS) is 16.0. The van der Waals surface area contributed by atoms with Gasteiger partial charge >= 0.3 is 0 Å². The Kier molecular flexibility index (Phi) is 2.40. The van der Waals surface area contributed by atoms with Crippen molar-refractivity contribution in [3.05, 3.63) is 36.2 Å². The molecule has 1 amide bonds. The Bertz CT molecular complexity index is 585. The number of nitrogens with one attached hydrogen (secondary N) is 1. The van der Waals surface area contributed by atoms with Crippen molar-refractivity contribution in [3.8, 4) is 0 Å². The quantitative estimate of drug-likeness (QED) is 0.795. The van der Waals surface area contributed by atoms with E-state index in [0.717, 1.165) is 36.0 Å². The first kappa shape index (κ1) is 10.1. The summed E-state index contributed by atoms with van der Waals surface area (Å²) >= 11 is 0. The van der Waals surface area contributed by atoms with E-state index in [1.54, 1.807) is 11.1 Å². The molecule has 4 heteroatoms. The Labute approximate surface area is 99.0 Å². The minimum absolute atomic E-state index is 0.693. The Morgan fingerprint density at radius 1 is 1.47 bits per heavy atom. The van der Waals surface area contributed by atoms with Gasteiger partial charge < -0.3 is 9.88 Å². The summed E-state index contributed by atoms with van der Waals surface area (Å²) < 4.78 is 0. The molecule has 0 bridgehead atoms. The Balaban J connectivity index is 1.99. The van der Waals surface area contributed by atoms with E-state index >= 15 is 0 Å². The van der Waals surface area contributed by atoms with Crippen molar-refractivity contribution in [2.45, 2.75) is 6.42 Å². The van der Waals surface area contributed by atoms with Gasteiger partial charge in [-0.25, -0.2) is 0 Å². The maximum absolute atomic E-state index is 10.6. The van der Waals surface area contributed by atoms with Crippen LogP contribution >= 0.6 is 0 Å². The average molecular weight is 227 g/mol. The second-order valence-electron chi connectivity index (χ2n) is 4.18. The van der Waals surface area contributed by atoms with Crippen LogP contribution < -0.4 is 0 Å². The molecular formula is C13H13N3O. The summed E-state index contributed by atoms with van der Waals surface area (Å²) in [5, 5.41) is 0. The molecule has 3 heterocycles. The van der Waals surface area contributed by atoms with E-state index < -0.39 is 0 Å². The van der Waals surface area contributed by atoms with E-state index in [9.17, 15) is 4.79 Å². The fourth-order valence-corrected chi connectivity index (χ4v) is 2.22. The number of aromatic amines is 1. The minimum atomic E-state index is 0.693. The summed E-state index contributed by atoms with van der Waals surface area (Å²) in [7, 11) is 0. The number of amides is 1. The van der Waals surface area contributed by atoms with Crippen LogP contribution in [0.1, 0.15) is 12.0 Å². The summed E-state index contributed by atoms with van der Waals surface area (Å²) in [6.07, 6.45) is 7.71. The molecule has 2 aromatic heterocycles. The van der Waals surface area contributed by atoms with Crippen LogP contribution in [0.25, 0.3) is 16.6 Å². The van der Waals surface area contributed by atoms with Crippen molar-refractivity contribution in [2.75, 3.05) is 13.1 Å². The first-order valence-corrected chi connectivity index (χ1v) is 5.69. The molecular weight excluding hydrogens is 214 g/mol. The van der Waals surface area contributed by atoms with Gasteiger partial charge in [0.25, 0.3) is 0 Å². The third kappa shape index (κ3) is 1.71. The molecule has 0 spiro atoms. The predicted octanol–water partition coefficient (Wildman–Crippen LogP) is 1.81. The summed E-state index contributed by atoms with van der Waals surface area (Å²) in [6.45, 7) is 1.48. The molecule has 17 heavy (non-hydrogen) atoms. The second kappa shape index (κ2) is 4.05. The van der Waals surface area contributed by atoms with Crippen molar-refractivity contribution in [1.29, 1.82) is 0 Å². The molecule has 86 valence electrons. The molecule has 2 aromatic rings. The molecule has 0 aromatic carbocycles. The standard InChI is InChI=1S/C13H13N3O/c17-9-16-6-3-10(4-7-16)11-8-15-12-2-1-5-14-13(11)12/h1-3,5,8-9,15H,4,6-7H2. The van der Waals surface area contributed by atoms with Crippen molar-refractivity contribution in [1.82, 2.24) is 14.9 Å². The zero-order chi connectivity index (χ0) is 11.7. The zero-order valence-corrected chi connectivity index (χ0v) is 9.39. The van der Waals surface area contributed by atoms with Gasteiger partial charge in [-0.15, -0.1) is 0 Å². The highest BCUT2D eigenvalue weighted by Crippen LogP contribution is 2.27. The number of nitrogens with zero attached hydrogens (tertiary/aromatic N) is 2. The zero-order valence-electron chi connectivity index (χ0n) is 9.39. The predicted molar refractivity (Wildman–Crippen MR) is 66.3 cm³/mol. The topological polar surface area (TPSA) is 49.0 Å². The largest absolute Gasteiger partial charge is 0.359 e. The number of H-pyrrole nitrogens is 1. The first-order chi connectivity index (χ1) is 8.38. The lowest BCUT2D eigenvalue weighted by Gasteiger charge is -2.21. The van der Waals surface area contributed by atoms with E-state index in [1.165, 1.54) is 5.57 Å². The summed E-state index contributed by atoms with van der Waals surface area (Å²) in [5.41, 5.74) is 4.50. The van der Waals surface area contributed by atoms with Crippen molar-refractivity contribution >= 4 is 23.0 Å². The van der Waals surface area contributed by atoms with E-state index in [1.807, 2.05) is 18.3 Å². The molecule has 0 radical (unpaired) electrons. The van der Waals surface area contributed by atoms with Crippen molar-refractivity contribution < 1.29 is 4.79 Å². The fraction of sp³-hybridized carbons (Fsp3) is 0.231. The van der Waals surface area contributed by atoms with Crippen LogP contribution in [0, 0.1) is 0 Å². The molecule has 0 fully saturated rings. The van der Waals surface area contributed by atoms with Gasteiger partial charge in [-0.2, -0.15) is 0 Å². The minimum Gasteiger partial charge on any atom is -0.359 e. The summed E-state index contributed by atoms with van der Waals surface area (Å²) in [4.78, 5) is 20.0. The molecule has 0 saturated heterocycles. The molecule has 4 nitrogen and oxygen atoms in total. The molecule has 0 atom stereocenters. The summed E-state index contributed by atoms with van der Waals surface area (Å²) in [5.74, 6) is 0. The first-order valence-electron chi connectivity index (χ1n) is 5.69. The maximum atomic E-state index is 10.6. The lowest BCUT2D eigenvalue weighted by atomic mass is 10.0. The smallest absolute Gasteiger partial charge is 0.209 e. The van der Waals surface area contributed by atoms with Gasteiger partial charge in [-0.3, -0.25) is 9.78 Å². The number of aromatic nitrogens is 2. The van der Waals surface area contributed by atoms with Crippen LogP contribution in [0.15, 0.2) is 30.6 Å². The Morgan fingerprint density at radius 2 is 2.41 bits per heavy atom. The second-order valence-corrected chi connectivity index (χ2v) is 4.18. The van der Waals surface area contributed by atoms with E-state index in [-0.39, 0.29) is 0 Å². The fourth-order valence-electron chi connectivity index (χ4n) is 2.22. The number of hydrogen-bond acceptors (Lipinski definition) is 2. The molecule has 1 aliphatic heterocycles. The van der Waals surface area contributed by atoms with E-state index in [0.29, 0.717) is 6.54 Å². The number of carbonyl (C=O) groups excluding carboxylic acids is 1. The van der Waals surface area contributed by atoms with Gasteiger partial charge in [0.2, 0.25) is 6.41 Å². The third-order valence-electron chi connectivity index (χ3n) is 3.17. The number of fused-ring (bicyclic) bond motifs is 1. The highest BCUT2D eigenvalue weighted by atomic mass is 16.1. The number of hydrogen-bond donors (Lipinski definition) is 1. The molecule has 0 aliphatic carbocycles. The van der Waals surface area contributed by atoms with Crippen LogP contribution in [0.4, 0.5) is 0 Å². The van der Waals surface area contributed by atoms with Gasteiger partial charge in [-0.1, -0.05) is 6.08 Å². The van der Waals surface area contributed by atoms with Gasteiger partial charge in [0, 0.05) is 31.0 Å². The summed E-state index contributed by atoms with van der Waals surface area (Å²) in [6, 6.07) is 3.94. The number of rotatable bonds is 2. The van der Waals surface area contributed by atoms with Gasteiger partial charge in [-0.05, 0) is 24.1 Å². The van der Waals surface area contributed by atoms with Crippen LogP contribution in [-0.4, -0.2) is 34.4 Å². The third-order valence-corrected chi connectivity index (χ3v) is 3.17. The van der Waals surface area contributed by atoms with Crippen LogP contribution in [-0.2, 0) is 4.79 Å². The van der Waals surface area contributed by atoms with Crippen LogP contribution in [0.2, 0.25) is 0 Å². The van der Waals surface area contributed by atoms with Gasteiger partial charge in [0.15, 0.2) is 0 Å². The molecule has 1 aliphatic rings. The maximum Gasteiger partial charge on any atom is 0.209 e. The molecule has 1 N–H and O–H groups in total. The highest BCUT2D eigenvalue weighted by Gasteiger charge is 2.14. The Hall–Kier alpha value is -2.10. The lowest BCUT2D eigenvalue weighted by Crippen LogP contribution is -2.26. The van der Waals surface area contributed by atoms with Crippen molar-refractivity contribution in [2.24, 2.45) is 0 Å². The average Bonchev–Trinajstić information content (AvgIpc) is 2.83. The number of carbonyl (C=O) groups is 1. The van der Waals surface area contributed by atoms with E-state index in [2.05, 4.69) is 16.0 Å². The van der Waals surface area contributed by atoms with Gasteiger partial charge in [0.1, 0.15) is 0 Å². The molecule has 0 saturated carbocycles. The van der Waals surface area contributed by atoms with Gasteiger partial charge in [0.05, 0.1) is 11.0 Å². The van der Waals surface area contributed by atoms with E-state index in [4.69, 9.17) is 0 Å². The molecule has 0 unspecified atom stereocenters.